The van der Waals surface area contributed by atoms with Crippen LogP contribution in [0.3, 0.4) is 0 Å². The summed E-state index contributed by atoms with van der Waals surface area (Å²) in [5.41, 5.74) is -0.345. The molecule has 1 aliphatic rings. The number of aromatic carboxylic acids is 1. The molecule has 0 amide bonds. The second-order valence-corrected chi connectivity index (χ2v) is 4.48. The Kier molecular flexibility index (Phi) is 3.32. The van der Waals surface area contributed by atoms with E-state index in [4.69, 9.17) is 5.11 Å². The van der Waals surface area contributed by atoms with Crippen molar-refractivity contribution in [3.05, 3.63) is 46.0 Å². The first-order valence-corrected chi connectivity index (χ1v) is 5.65. The number of halogens is 2. The normalized spacial score (nSPS) is 14.2. The fourth-order valence-corrected chi connectivity index (χ4v) is 2.13. The molecule has 0 bridgehead atoms. The molecule has 0 aliphatic heterocycles. The zero-order chi connectivity index (χ0) is 12.9. The smallest absolute Gasteiger partial charge is 0.341 e. The second-order valence-electron chi connectivity index (χ2n) is 4.48. The Morgan fingerprint density at radius 2 is 2.05 bits per heavy atom. The Morgan fingerprint density at radius 3 is 2.63 bits per heavy atom. The van der Waals surface area contributed by atoms with Gasteiger partial charge in [0, 0.05) is 17.6 Å². The molecule has 0 unspecified atom stereocenters. The summed E-state index contributed by atoms with van der Waals surface area (Å²) in [7, 11) is 0. The maximum atomic E-state index is 13.2. The van der Waals surface area contributed by atoms with Gasteiger partial charge in [0.1, 0.15) is 11.4 Å². The predicted molar refractivity (Wildman–Crippen MR) is 70.6 cm³/mol. The van der Waals surface area contributed by atoms with Gasteiger partial charge >= 0.3 is 5.97 Å². The fourth-order valence-electron chi connectivity index (χ4n) is 2.13. The van der Waals surface area contributed by atoms with Gasteiger partial charge in [-0.3, -0.25) is 4.79 Å². The maximum Gasteiger partial charge on any atom is 0.341 e. The monoisotopic (exact) mass is 283 g/mol. The molecule has 1 aromatic carbocycles. The van der Waals surface area contributed by atoms with Crippen LogP contribution in [0.4, 0.5) is 4.39 Å². The molecule has 19 heavy (non-hydrogen) atoms. The molecular weight excluding hydrogens is 273 g/mol. The maximum absolute atomic E-state index is 13.2. The van der Waals surface area contributed by atoms with Crippen molar-refractivity contribution in [1.82, 2.24) is 4.57 Å². The second kappa shape index (κ2) is 4.66. The van der Waals surface area contributed by atoms with Crippen LogP contribution in [0, 0.1) is 5.82 Å². The van der Waals surface area contributed by atoms with Crippen molar-refractivity contribution in [3.63, 3.8) is 0 Å². The average molecular weight is 284 g/mol. The van der Waals surface area contributed by atoms with E-state index >= 15 is 0 Å². The molecule has 3 rings (SSSR count). The minimum absolute atomic E-state index is 0. The van der Waals surface area contributed by atoms with Gasteiger partial charge in [0.2, 0.25) is 5.43 Å². The molecule has 4 nitrogen and oxygen atoms in total. The third-order valence-corrected chi connectivity index (χ3v) is 3.16. The molecule has 100 valence electrons. The van der Waals surface area contributed by atoms with Crippen LogP contribution in [0.5, 0.6) is 0 Å². The van der Waals surface area contributed by atoms with Crippen molar-refractivity contribution in [2.75, 3.05) is 0 Å². The van der Waals surface area contributed by atoms with Crippen LogP contribution in [0.15, 0.2) is 29.2 Å². The molecule has 1 heterocycles. The van der Waals surface area contributed by atoms with E-state index in [1.54, 1.807) is 4.57 Å². The number of fused-ring (bicyclic) bond motifs is 1. The van der Waals surface area contributed by atoms with Gasteiger partial charge in [0.15, 0.2) is 0 Å². The number of carboxylic acids is 1. The van der Waals surface area contributed by atoms with Gasteiger partial charge in [-0.1, -0.05) is 0 Å². The number of rotatable bonds is 2. The molecule has 1 aromatic heterocycles. The van der Waals surface area contributed by atoms with Crippen molar-refractivity contribution < 1.29 is 14.3 Å². The van der Waals surface area contributed by atoms with E-state index in [2.05, 4.69) is 0 Å². The summed E-state index contributed by atoms with van der Waals surface area (Å²) >= 11 is 0. The third kappa shape index (κ3) is 2.21. The molecule has 0 radical (unpaired) electrons. The average Bonchev–Trinajstić information content (AvgIpc) is 3.14. The highest BCUT2D eigenvalue weighted by Crippen LogP contribution is 2.36. The third-order valence-electron chi connectivity index (χ3n) is 3.16. The van der Waals surface area contributed by atoms with Crippen molar-refractivity contribution in [2.45, 2.75) is 18.9 Å². The Morgan fingerprint density at radius 1 is 1.37 bits per heavy atom. The van der Waals surface area contributed by atoms with E-state index in [0.29, 0.717) is 5.52 Å². The van der Waals surface area contributed by atoms with E-state index < -0.39 is 17.2 Å². The fraction of sp³-hybridized carbons (Fsp3) is 0.231. The molecule has 1 fully saturated rings. The van der Waals surface area contributed by atoms with Gasteiger partial charge in [-0.15, -0.1) is 12.4 Å². The molecule has 1 saturated carbocycles. The summed E-state index contributed by atoms with van der Waals surface area (Å²) in [6.07, 6.45) is 3.27. The Bertz CT molecular complexity index is 722. The van der Waals surface area contributed by atoms with E-state index in [1.165, 1.54) is 18.3 Å². The first kappa shape index (κ1) is 13.5. The number of benzene rings is 1. The number of hydrogen-bond acceptors (Lipinski definition) is 2. The molecule has 1 N–H and O–H groups in total. The van der Waals surface area contributed by atoms with Crippen molar-refractivity contribution in [1.29, 1.82) is 0 Å². The van der Waals surface area contributed by atoms with E-state index in [1.807, 2.05) is 0 Å². The van der Waals surface area contributed by atoms with Gasteiger partial charge in [-0.2, -0.15) is 0 Å². The molecule has 1 aliphatic carbocycles. The Hall–Kier alpha value is -1.88. The molecule has 6 heteroatoms. The zero-order valence-electron chi connectivity index (χ0n) is 9.80. The lowest BCUT2D eigenvalue weighted by Crippen LogP contribution is -2.18. The zero-order valence-corrected chi connectivity index (χ0v) is 10.6. The summed E-state index contributed by atoms with van der Waals surface area (Å²) < 4.78 is 15.0. The van der Waals surface area contributed by atoms with Crippen LogP contribution in [-0.4, -0.2) is 15.6 Å². The van der Waals surface area contributed by atoms with E-state index in [0.717, 1.165) is 18.9 Å². The van der Waals surface area contributed by atoms with Gasteiger partial charge < -0.3 is 9.67 Å². The number of pyridine rings is 1. The van der Waals surface area contributed by atoms with Crippen molar-refractivity contribution >= 4 is 29.3 Å². The minimum atomic E-state index is -1.28. The Balaban J connectivity index is 0.00000133. The lowest BCUT2D eigenvalue weighted by molar-refractivity contribution is 0.0695. The number of hydrogen-bond donors (Lipinski definition) is 1. The first-order chi connectivity index (χ1) is 8.58. The lowest BCUT2D eigenvalue weighted by Gasteiger charge is -2.11. The van der Waals surface area contributed by atoms with E-state index in [-0.39, 0.29) is 29.4 Å². The lowest BCUT2D eigenvalue weighted by atomic mass is 10.1. The number of carbonyl (C=O) groups is 1. The SMILES string of the molecule is Cl.O=C(O)c1cn(C2CC2)c2ccc(F)cc2c1=O. The molecule has 0 spiro atoms. The van der Waals surface area contributed by atoms with Crippen molar-refractivity contribution in [3.8, 4) is 0 Å². The highest BCUT2D eigenvalue weighted by atomic mass is 35.5. The highest BCUT2D eigenvalue weighted by Gasteiger charge is 2.26. The molecule has 0 atom stereocenters. The summed E-state index contributed by atoms with van der Waals surface area (Å²) in [4.78, 5) is 23.0. The highest BCUT2D eigenvalue weighted by molar-refractivity contribution is 5.92. The van der Waals surface area contributed by atoms with Crippen LogP contribution in [0.2, 0.25) is 0 Å². The summed E-state index contributed by atoms with van der Waals surface area (Å²) in [6.45, 7) is 0. The number of carboxylic acid groups (broad SMARTS) is 1. The summed E-state index contributed by atoms with van der Waals surface area (Å²) in [5, 5.41) is 9.14. The topological polar surface area (TPSA) is 59.3 Å². The first-order valence-electron chi connectivity index (χ1n) is 5.65. The number of aromatic nitrogens is 1. The van der Waals surface area contributed by atoms with Crippen LogP contribution in [-0.2, 0) is 0 Å². The molecule has 2 aromatic rings. The molecule has 0 saturated heterocycles. The quantitative estimate of drug-likeness (QED) is 0.921. The van der Waals surface area contributed by atoms with Crippen LogP contribution >= 0.6 is 12.4 Å². The summed E-state index contributed by atoms with van der Waals surface area (Å²) in [6, 6.07) is 4.12. The minimum Gasteiger partial charge on any atom is -0.477 e. The number of nitrogens with zero attached hydrogens (tertiary/aromatic N) is 1. The van der Waals surface area contributed by atoms with E-state index in [9.17, 15) is 14.0 Å². The van der Waals surface area contributed by atoms with Gasteiger partial charge in [-0.05, 0) is 31.0 Å². The van der Waals surface area contributed by atoms with Crippen LogP contribution in [0.25, 0.3) is 10.9 Å². The van der Waals surface area contributed by atoms with Gasteiger partial charge in [-0.25, -0.2) is 9.18 Å². The largest absolute Gasteiger partial charge is 0.477 e. The summed E-state index contributed by atoms with van der Waals surface area (Å²) in [5.74, 6) is -1.81. The Labute approximate surface area is 113 Å². The predicted octanol–water partition coefficient (Wildman–Crippen LogP) is 2.60. The van der Waals surface area contributed by atoms with Crippen LogP contribution in [0.1, 0.15) is 29.2 Å². The molecular formula is C13H11ClFNO3. The standard InChI is InChI=1S/C13H10FNO3.ClH/c14-7-1-4-11-9(5-7)12(16)10(13(17)18)6-15(11)8-2-3-8;/h1,4-6,8H,2-3H2,(H,17,18);1H. The van der Waals surface area contributed by atoms with Crippen molar-refractivity contribution in [2.24, 2.45) is 0 Å². The van der Waals surface area contributed by atoms with Gasteiger partial charge in [0.25, 0.3) is 0 Å². The van der Waals surface area contributed by atoms with Crippen LogP contribution < -0.4 is 5.43 Å². The van der Waals surface area contributed by atoms with Gasteiger partial charge in [0.05, 0.1) is 5.52 Å².